The molecule has 0 saturated heterocycles. The van der Waals surface area contributed by atoms with Crippen LogP contribution in [0.4, 0.5) is 16.2 Å². The molecule has 30 heavy (non-hydrogen) atoms. The average Bonchev–Trinajstić information content (AvgIpc) is 2.72. The number of benzene rings is 2. The Bertz CT molecular complexity index is 964. The standard InChI is InChI=1S/C23H26ClN3O3/c1-14-6-5-9-19(15(14)2)25-21(28)23(30)18-7-3-4-8-20(18)26-22(29)27(23)17-12-10-16(24)11-13-17/h3-4,7-8,10-15,19,30H,5-6,9H2,1-2H3,(H,25,28)(H,26,29)/t14-,15+,19+,23-/m0/s1. The number of aliphatic hydroxyl groups is 1. The van der Waals surface area contributed by atoms with Crippen LogP contribution in [0.5, 0.6) is 0 Å². The van der Waals surface area contributed by atoms with E-state index in [1.54, 1.807) is 48.5 Å². The summed E-state index contributed by atoms with van der Waals surface area (Å²) < 4.78 is 0. The van der Waals surface area contributed by atoms with Crippen LogP contribution in [0, 0.1) is 11.8 Å². The van der Waals surface area contributed by atoms with Gasteiger partial charge in [-0.3, -0.25) is 9.69 Å². The van der Waals surface area contributed by atoms with Crippen molar-refractivity contribution >= 4 is 34.9 Å². The van der Waals surface area contributed by atoms with Gasteiger partial charge in [-0.1, -0.05) is 56.5 Å². The number of nitrogens with zero attached hydrogens (tertiary/aromatic N) is 1. The number of carbonyl (C=O) groups is 2. The van der Waals surface area contributed by atoms with Crippen molar-refractivity contribution in [1.82, 2.24) is 5.32 Å². The Kier molecular flexibility index (Phi) is 5.47. The van der Waals surface area contributed by atoms with Gasteiger partial charge in [0.05, 0.1) is 5.69 Å². The number of halogens is 1. The van der Waals surface area contributed by atoms with E-state index in [-0.39, 0.29) is 12.0 Å². The smallest absolute Gasteiger partial charge is 0.329 e. The predicted molar refractivity (Wildman–Crippen MR) is 117 cm³/mol. The maximum Gasteiger partial charge on any atom is 0.329 e. The third kappa shape index (κ3) is 3.44. The lowest BCUT2D eigenvalue weighted by Crippen LogP contribution is -2.64. The van der Waals surface area contributed by atoms with E-state index in [1.807, 2.05) is 0 Å². The van der Waals surface area contributed by atoms with Gasteiger partial charge in [0.2, 0.25) is 0 Å². The van der Waals surface area contributed by atoms with Gasteiger partial charge in [0, 0.05) is 22.3 Å². The highest BCUT2D eigenvalue weighted by Crippen LogP contribution is 2.40. The van der Waals surface area contributed by atoms with Gasteiger partial charge >= 0.3 is 6.03 Å². The summed E-state index contributed by atoms with van der Waals surface area (Å²) in [7, 11) is 0. The summed E-state index contributed by atoms with van der Waals surface area (Å²) >= 11 is 6.00. The number of hydrogen-bond donors (Lipinski definition) is 3. The highest BCUT2D eigenvalue weighted by molar-refractivity contribution is 6.30. The van der Waals surface area contributed by atoms with E-state index in [9.17, 15) is 14.7 Å². The third-order valence-electron chi connectivity index (χ3n) is 6.50. The summed E-state index contributed by atoms with van der Waals surface area (Å²) in [5.74, 6) is 0.154. The van der Waals surface area contributed by atoms with Gasteiger partial charge in [0.1, 0.15) is 0 Å². The van der Waals surface area contributed by atoms with Crippen molar-refractivity contribution < 1.29 is 14.7 Å². The fourth-order valence-electron chi connectivity index (χ4n) is 4.51. The van der Waals surface area contributed by atoms with Gasteiger partial charge in [-0.05, 0) is 48.6 Å². The number of rotatable bonds is 3. The first-order chi connectivity index (χ1) is 14.3. The minimum atomic E-state index is -2.19. The van der Waals surface area contributed by atoms with Crippen LogP contribution >= 0.6 is 11.6 Å². The second kappa shape index (κ2) is 7.93. The van der Waals surface area contributed by atoms with E-state index in [2.05, 4.69) is 24.5 Å². The molecule has 158 valence electrons. The maximum absolute atomic E-state index is 13.6. The molecule has 0 unspecified atom stereocenters. The Labute approximate surface area is 181 Å². The topological polar surface area (TPSA) is 81.7 Å². The van der Waals surface area contributed by atoms with Crippen LogP contribution in [0.1, 0.15) is 38.7 Å². The molecule has 3 N–H and O–H groups in total. The molecule has 1 heterocycles. The number of urea groups is 1. The third-order valence-corrected chi connectivity index (χ3v) is 6.75. The molecule has 1 fully saturated rings. The zero-order valence-electron chi connectivity index (χ0n) is 17.1. The van der Waals surface area contributed by atoms with Crippen LogP contribution in [0.25, 0.3) is 0 Å². The van der Waals surface area contributed by atoms with Crippen molar-refractivity contribution in [2.75, 3.05) is 10.2 Å². The molecular weight excluding hydrogens is 402 g/mol. The Hall–Kier alpha value is -2.57. The summed E-state index contributed by atoms with van der Waals surface area (Å²) in [6.07, 6.45) is 2.99. The highest BCUT2D eigenvalue weighted by Gasteiger charge is 2.52. The maximum atomic E-state index is 13.6. The molecule has 4 rings (SSSR count). The van der Waals surface area contributed by atoms with Crippen molar-refractivity contribution in [2.24, 2.45) is 11.8 Å². The van der Waals surface area contributed by atoms with E-state index >= 15 is 0 Å². The number of carbonyl (C=O) groups excluding carboxylic acids is 2. The van der Waals surface area contributed by atoms with E-state index in [0.717, 1.165) is 24.2 Å². The summed E-state index contributed by atoms with van der Waals surface area (Å²) in [5.41, 5.74) is -1.08. The van der Waals surface area contributed by atoms with Crippen molar-refractivity contribution in [2.45, 2.75) is 44.9 Å². The fraction of sp³-hybridized carbons (Fsp3) is 0.391. The lowest BCUT2D eigenvalue weighted by atomic mass is 9.78. The molecular formula is C23H26ClN3O3. The molecule has 0 aromatic heterocycles. The monoisotopic (exact) mass is 427 g/mol. The van der Waals surface area contributed by atoms with Crippen LogP contribution in [0.2, 0.25) is 5.02 Å². The molecule has 0 bridgehead atoms. The van der Waals surface area contributed by atoms with Crippen molar-refractivity contribution in [1.29, 1.82) is 0 Å². The molecule has 1 aliphatic carbocycles. The fourth-order valence-corrected chi connectivity index (χ4v) is 4.63. The Morgan fingerprint density at radius 3 is 2.60 bits per heavy atom. The van der Waals surface area contributed by atoms with Crippen LogP contribution < -0.4 is 15.5 Å². The second-order valence-electron chi connectivity index (χ2n) is 8.31. The van der Waals surface area contributed by atoms with Crippen molar-refractivity contribution in [3.8, 4) is 0 Å². The quantitative estimate of drug-likeness (QED) is 0.675. The summed E-state index contributed by atoms with van der Waals surface area (Å²) in [6.45, 7) is 4.30. The molecule has 2 aromatic rings. The van der Waals surface area contributed by atoms with Gasteiger partial charge < -0.3 is 15.7 Å². The molecule has 6 nitrogen and oxygen atoms in total. The Morgan fingerprint density at radius 2 is 1.87 bits per heavy atom. The minimum absolute atomic E-state index is 0.0607. The lowest BCUT2D eigenvalue weighted by Gasteiger charge is -2.44. The average molecular weight is 428 g/mol. The first-order valence-electron chi connectivity index (χ1n) is 10.3. The van der Waals surface area contributed by atoms with E-state index in [1.165, 1.54) is 0 Å². The molecule has 7 heteroatoms. The van der Waals surface area contributed by atoms with Crippen molar-refractivity contribution in [3.05, 3.63) is 59.1 Å². The zero-order valence-corrected chi connectivity index (χ0v) is 17.8. The number of anilines is 2. The molecule has 1 aliphatic heterocycles. The van der Waals surface area contributed by atoms with E-state index in [0.29, 0.717) is 27.9 Å². The minimum Gasteiger partial charge on any atom is -0.359 e. The highest BCUT2D eigenvalue weighted by atomic mass is 35.5. The predicted octanol–water partition coefficient (Wildman–Crippen LogP) is 4.48. The second-order valence-corrected chi connectivity index (χ2v) is 8.74. The largest absolute Gasteiger partial charge is 0.359 e. The normalized spacial score (nSPS) is 28.5. The zero-order chi connectivity index (χ0) is 21.5. The number of amides is 3. The molecule has 3 amide bonds. The lowest BCUT2D eigenvalue weighted by molar-refractivity contribution is -0.141. The Balaban J connectivity index is 1.77. The molecule has 0 spiro atoms. The number of fused-ring (bicyclic) bond motifs is 1. The first-order valence-corrected chi connectivity index (χ1v) is 10.7. The van der Waals surface area contributed by atoms with Gasteiger partial charge in [0.15, 0.2) is 0 Å². The number of para-hydroxylation sites is 1. The van der Waals surface area contributed by atoms with Crippen molar-refractivity contribution in [3.63, 3.8) is 0 Å². The molecule has 2 aliphatic rings. The Morgan fingerprint density at radius 1 is 1.17 bits per heavy atom. The number of nitrogens with one attached hydrogen (secondary N) is 2. The molecule has 2 aromatic carbocycles. The van der Waals surface area contributed by atoms with Gasteiger partial charge in [-0.15, -0.1) is 0 Å². The van der Waals surface area contributed by atoms with Gasteiger partial charge in [-0.2, -0.15) is 0 Å². The summed E-state index contributed by atoms with van der Waals surface area (Å²) in [4.78, 5) is 27.7. The molecule has 1 saturated carbocycles. The van der Waals surface area contributed by atoms with E-state index in [4.69, 9.17) is 11.6 Å². The van der Waals surface area contributed by atoms with Crippen LogP contribution in [-0.4, -0.2) is 23.1 Å². The SMILES string of the molecule is C[C@@H]1[C@@H](C)CCC[C@H]1NC(=O)[C@@]1(O)c2ccccc2NC(=O)N1c1ccc(Cl)cc1. The van der Waals surface area contributed by atoms with Crippen LogP contribution in [0.3, 0.4) is 0 Å². The van der Waals surface area contributed by atoms with Gasteiger partial charge in [-0.25, -0.2) is 4.79 Å². The summed E-state index contributed by atoms with van der Waals surface area (Å²) in [6, 6.07) is 12.6. The van der Waals surface area contributed by atoms with Crippen LogP contribution in [-0.2, 0) is 10.5 Å². The van der Waals surface area contributed by atoms with Crippen LogP contribution in [0.15, 0.2) is 48.5 Å². The number of hydrogen-bond acceptors (Lipinski definition) is 3. The first kappa shape index (κ1) is 20.7. The van der Waals surface area contributed by atoms with E-state index < -0.39 is 17.7 Å². The molecule has 4 atom stereocenters. The van der Waals surface area contributed by atoms with Gasteiger partial charge in [0.25, 0.3) is 11.6 Å². The summed E-state index contributed by atoms with van der Waals surface area (Å²) in [5, 5.41) is 18.2. The molecule has 0 radical (unpaired) electrons.